The van der Waals surface area contributed by atoms with E-state index in [1.54, 1.807) is 0 Å². The lowest BCUT2D eigenvalue weighted by Gasteiger charge is -2.03. The largest absolute Gasteiger partial charge is 0.453 e. The number of rotatable bonds is 4. The van der Waals surface area contributed by atoms with E-state index in [2.05, 4.69) is 22.2 Å². The van der Waals surface area contributed by atoms with E-state index in [0.29, 0.717) is 6.54 Å². The van der Waals surface area contributed by atoms with Gasteiger partial charge in [0.15, 0.2) is 0 Å². The van der Waals surface area contributed by atoms with Crippen LogP contribution < -0.4 is 5.32 Å². The minimum absolute atomic E-state index is 0.363. The summed E-state index contributed by atoms with van der Waals surface area (Å²) in [5, 5.41) is 2.64. The van der Waals surface area contributed by atoms with Gasteiger partial charge in [-0.15, -0.1) is 0 Å². The molecule has 1 N–H and O–H groups in total. The van der Waals surface area contributed by atoms with Gasteiger partial charge < -0.3 is 10.1 Å². The first-order valence-electron chi connectivity index (χ1n) is 4.68. The quantitative estimate of drug-likeness (QED) is 0.742. The summed E-state index contributed by atoms with van der Waals surface area (Å²) in [6, 6.07) is 10.2. The van der Waals surface area contributed by atoms with Crippen molar-refractivity contribution in [1.82, 2.24) is 5.32 Å². The van der Waals surface area contributed by atoms with Gasteiger partial charge in [-0.3, -0.25) is 0 Å². The minimum atomic E-state index is -0.363. The van der Waals surface area contributed by atoms with Gasteiger partial charge in [0.05, 0.1) is 7.11 Å². The molecule has 1 amide bonds. The zero-order chi connectivity index (χ0) is 10.2. The van der Waals surface area contributed by atoms with Crippen molar-refractivity contribution in [2.45, 2.75) is 12.8 Å². The third kappa shape index (κ3) is 3.94. The summed E-state index contributed by atoms with van der Waals surface area (Å²) >= 11 is 0. The van der Waals surface area contributed by atoms with Gasteiger partial charge in [-0.05, 0) is 18.4 Å². The molecule has 0 saturated carbocycles. The maximum Gasteiger partial charge on any atom is 0.406 e. The van der Waals surface area contributed by atoms with Gasteiger partial charge in [-0.25, -0.2) is 4.79 Å². The predicted molar refractivity (Wildman–Crippen MR) is 55.2 cm³/mol. The number of hydrogen-bond donors (Lipinski definition) is 1. The van der Waals surface area contributed by atoms with Crippen LogP contribution in [0.15, 0.2) is 30.3 Å². The molecule has 0 aliphatic rings. The van der Waals surface area contributed by atoms with Crippen LogP contribution >= 0.6 is 0 Å². The first-order chi connectivity index (χ1) is 6.83. The third-order valence-corrected chi connectivity index (χ3v) is 1.94. The fourth-order valence-electron chi connectivity index (χ4n) is 1.20. The second kappa shape index (κ2) is 6.02. The monoisotopic (exact) mass is 193 g/mol. The van der Waals surface area contributed by atoms with Crippen LogP contribution in [0, 0.1) is 0 Å². The molecule has 0 unspecified atom stereocenters. The number of carbonyl (C=O) groups excluding carboxylic acids is 1. The van der Waals surface area contributed by atoms with Crippen molar-refractivity contribution < 1.29 is 9.53 Å². The number of benzene rings is 1. The zero-order valence-corrected chi connectivity index (χ0v) is 8.32. The summed E-state index contributed by atoms with van der Waals surface area (Å²) in [5.41, 5.74) is 1.29. The second-order valence-electron chi connectivity index (χ2n) is 3.01. The molecule has 14 heavy (non-hydrogen) atoms. The maximum absolute atomic E-state index is 10.7. The first-order valence-corrected chi connectivity index (χ1v) is 4.68. The van der Waals surface area contributed by atoms with Crippen LogP contribution in [-0.4, -0.2) is 19.7 Å². The Balaban J connectivity index is 2.13. The van der Waals surface area contributed by atoms with Crippen LogP contribution in [0.2, 0.25) is 0 Å². The van der Waals surface area contributed by atoms with E-state index >= 15 is 0 Å². The number of carbonyl (C=O) groups is 1. The van der Waals surface area contributed by atoms with Crippen molar-refractivity contribution in [2.75, 3.05) is 13.7 Å². The van der Waals surface area contributed by atoms with Crippen molar-refractivity contribution in [3.05, 3.63) is 35.9 Å². The highest BCUT2D eigenvalue weighted by molar-refractivity contribution is 5.66. The van der Waals surface area contributed by atoms with Crippen molar-refractivity contribution in [3.8, 4) is 0 Å². The van der Waals surface area contributed by atoms with Crippen molar-refractivity contribution in [3.63, 3.8) is 0 Å². The molecule has 0 fully saturated rings. The number of nitrogens with one attached hydrogen (secondary N) is 1. The van der Waals surface area contributed by atoms with E-state index in [4.69, 9.17) is 0 Å². The van der Waals surface area contributed by atoms with E-state index in [1.807, 2.05) is 18.2 Å². The van der Waals surface area contributed by atoms with Crippen LogP contribution in [-0.2, 0) is 11.2 Å². The van der Waals surface area contributed by atoms with Gasteiger partial charge in [0, 0.05) is 6.54 Å². The molecule has 1 rings (SSSR count). The Morgan fingerprint density at radius 1 is 1.36 bits per heavy atom. The highest BCUT2D eigenvalue weighted by atomic mass is 16.5. The SMILES string of the molecule is COC(=O)NCCCc1ccccc1. The molecule has 0 atom stereocenters. The van der Waals surface area contributed by atoms with E-state index in [-0.39, 0.29) is 6.09 Å². The van der Waals surface area contributed by atoms with Gasteiger partial charge in [0.2, 0.25) is 0 Å². The highest BCUT2D eigenvalue weighted by Gasteiger charge is 1.96. The summed E-state index contributed by atoms with van der Waals surface area (Å²) < 4.78 is 4.45. The number of methoxy groups -OCH3 is 1. The fourth-order valence-corrected chi connectivity index (χ4v) is 1.20. The lowest BCUT2D eigenvalue weighted by atomic mass is 10.1. The van der Waals surface area contributed by atoms with Gasteiger partial charge in [-0.2, -0.15) is 0 Å². The minimum Gasteiger partial charge on any atom is -0.453 e. The molecule has 0 spiro atoms. The lowest BCUT2D eigenvalue weighted by molar-refractivity contribution is 0.171. The topological polar surface area (TPSA) is 38.3 Å². The van der Waals surface area contributed by atoms with Crippen molar-refractivity contribution in [1.29, 1.82) is 0 Å². The van der Waals surface area contributed by atoms with E-state index in [1.165, 1.54) is 12.7 Å². The molecule has 0 radical (unpaired) electrons. The summed E-state index contributed by atoms with van der Waals surface area (Å²) in [4.78, 5) is 10.7. The highest BCUT2D eigenvalue weighted by Crippen LogP contribution is 2.01. The van der Waals surface area contributed by atoms with Crippen LogP contribution in [0.3, 0.4) is 0 Å². The lowest BCUT2D eigenvalue weighted by Crippen LogP contribution is -2.24. The average Bonchev–Trinajstić information content (AvgIpc) is 2.25. The summed E-state index contributed by atoms with van der Waals surface area (Å²) in [7, 11) is 1.37. The Kier molecular flexibility index (Phi) is 4.55. The standard InChI is InChI=1S/C11H15NO2/c1-14-11(13)12-9-5-8-10-6-3-2-4-7-10/h2-4,6-7H,5,8-9H2,1H3,(H,12,13). The molecule has 0 aliphatic heterocycles. The Labute approximate surface area is 84.1 Å². The molecule has 0 bridgehead atoms. The normalized spacial score (nSPS) is 9.50. The van der Waals surface area contributed by atoms with E-state index < -0.39 is 0 Å². The van der Waals surface area contributed by atoms with Gasteiger partial charge in [-0.1, -0.05) is 30.3 Å². The summed E-state index contributed by atoms with van der Waals surface area (Å²) in [6.07, 6.45) is 1.54. The Hall–Kier alpha value is -1.51. The van der Waals surface area contributed by atoms with Crippen LogP contribution in [0.1, 0.15) is 12.0 Å². The van der Waals surface area contributed by atoms with Gasteiger partial charge >= 0.3 is 6.09 Å². The average molecular weight is 193 g/mol. The first kappa shape index (κ1) is 10.6. The molecule has 3 nitrogen and oxygen atoms in total. The molecule has 1 aromatic rings. The Morgan fingerprint density at radius 3 is 2.71 bits per heavy atom. The molecule has 3 heteroatoms. The van der Waals surface area contributed by atoms with Crippen molar-refractivity contribution in [2.24, 2.45) is 0 Å². The molecular weight excluding hydrogens is 178 g/mol. The number of alkyl carbamates (subject to hydrolysis) is 1. The maximum atomic E-state index is 10.7. The van der Waals surface area contributed by atoms with E-state index in [9.17, 15) is 4.79 Å². The number of ether oxygens (including phenoxy) is 1. The smallest absolute Gasteiger partial charge is 0.406 e. The van der Waals surface area contributed by atoms with Crippen LogP contribution in [0.25, 0.3) is 0 Å². The third-order valence-electron chi connectivity index (χ3n) is 1.94. The second-order valence-corrected chi connectivity index (χ2v) is 3.01. The number of aryl methyl sites for hydroxylation is 1. The van der Waals surface area contributed by atoms with Gasteiger partial charge in [0.25, 0.3) is 0 Å². The fraction of sp³-hybridized carbons (Fsp3) is 0.364. The van der Waals surface area contributed by atoms with Crippen molar-refractivity contribution >= 4 is 6.09 Å². The Morgan fingerprint density at radius 2 is 2.07 bits per heavy atom. The molecule has 1 aromatic carbocycles. The molecule has 76 valence electrons. The molecular formula is C11H15NO2. The zero-order valence-electron chi connectivity index (χ0n) is 8.32. The molecule has 0 aliphatic carbocycles. The summed E-state index contributed by atoms with van der Waals surface area (Å²) in [6.45, 7) is 0.654. The number of amides is 1. The molecule has 0 heterocycles. The van der Waals surface area contributed by atoms with E-state index in [0.717, 1.165) is 12.8 Å². The van der Waals surface area contributed by atoms with Gasteiger partial charge in [0.1, 0.15) is 0 Å². The summed E-state index contributed by atoms with van der Waals surface area (Å²) in [5.74, 6) is 0. The van der Waals surface area contributed by atoms with Crippen LogP contribution in [0.5, 0.6) is 0 Å². The van der Waals surface area contributed by atoms with Crippen LogP contribution in [0.4, 0.5) is 4.79 Å². The number of hydrogen-bond acceptors (Lipinski definition) is 2. The predicted octanol–water partition coefficient (Wildman–Crippen LogP) is 1.98. The molecule has 0 aromatic heterocycles. The Bertz CT molecular complexity index is 272. The molecule has 0 saturated heterocycles.